The third-order valence-corrected chi connectivity index (χ3v) is 1.42. The molecule has 0 aromatic carbocycles. The van der Waals surface area contributed by atoms with Gasteiger partial charge in [0.25, 0.3) is 0 Å². The average molecular weight is 124 g/mol. The molecule has 0 amide bonds. The minimum atomic E-state index is 1.17. The predicted molar refractivity (Wildman–Crippen MR) is 43.5 cm³/mol. The van der Waals surface area contributed by atoms with E-state index in [1.165, 1.54) is 24.0 Å². The van der Waals surface area contributed by atoms with Crippen LogP contribution in [0, 0.1) is 0 Å². The van der Waals surface area contributed by atoms with Crippen LogP contribution in [-0.2, 0) is 0 Å². The van der Waals surface area contributed by atoms with E-state index in [0.29, 0.717) is 0 Å². The molecule has 0 rings (SSSR count). The number of rotatable bonds is 3. The van der Waals surface area contributed by atoms with Crippen molar-refractivity contribution in [3.63, 3.8) is 0 Å². The highest BCUT2D eigenvalue weighted by molar-refractivity contribution is 5.24. The van der Waals surface area contributed by atoms with Crippen molar-refractivity contribution < 1.29 is 0 Å². The molecule has 0 heterocycles. The zero-order chi connectivity index (χ0) is 7.28. The van der Waals surface area contributed by atoms with Crippen molar-refractivity contribution in [2.75, 3.05) is 0 Å². The Morgan fingerprint density at radius 3 is 2.22 bits per heavy atom. The van der Waals surface area contributed by atoms with E-state index < -0.39 is 0 Å². The van der Waals surface area contributed by atoms with E-state index in [4.69, 9.17) is 0 Å². The molecule has 52 valence electrons. The van der Waals surface area contributed by atoms with E-state index >= 15 is 0 Å². The molecule has 0 heteroatoms. The fraction of sp³-hybridized carbons (Fsp3) is 0.556. The van der Waals surface area contributed by atoms with Gasteiger partial charge in [-0.2, -0.15) is 0 Å². The molecule has 0 bridgehead atoms. The van der Waals surface area contributed by atoms with Crippen molar-refractivity contribution in [1.82, 2.24) is 0 Å². The maximum atomic E-state index is 3.88. The van der Waals surface area contributed by atoms with Gasteiger partial charge in [-0.05, 0) is 25.8 Å². The van der Waals surface area contributed by atoms with Crippen LogP contribution in [0.3, 0.4) is 0 Å². The molecule has 9 heavy (non-hydrogen) atoms. The first-order valence-electron chi connectivity index (χ1n) is 3.53. The van der Waals surface area contributed by atoms with Crippen molar-refractivity contribution in [3.8, 4) is 0 Å². The quantitative estimate of drug-likeness (QED) is 0.506. The van der Waals surface area contributed by atoms with Gasteiger partial charge in [-0.1, -0.05) is 31.6 Å². The average Bonchev–Trinajstić information content (AvgIpc) is 1.82. The van der Waals surface area contributed by atoms with E-state index in [1.54, 1.807) is 0 Å². The van der Waals surface area contributed by atoms with Crippen LogP contribution in [0.4, 0.5) is 0 Å². The van der Waals surface area contributed by atoms with Crippen molar-refractivity contribution in [2.24, 2.45) is 0 Å². The molecule has 0 aliphatic rings. The second-order valence-electron chi connectivity index (χ2n) is 2.34. The van der Waals surface area contributed by atoms with Gasteiger partial charge < -0.3 is 0 Å². The third-order valence-electron chi connectivity index (χ3n) is 1.42. The Labute approximate surface area is 58.3 Å². The van der Waals surface area contributed by atoms with Crippen molar-refractivity contribution >= 4 is 0 Å². The molecule has 0 saturated heterocycles. The van der Waals surface area contributed by atoms with Crippen molar-refractivity contribution in [1.29, 1.82) is 0 Å². The van der Waals surface area contributed by atoms with Gasteiger partial charge in [0, 0.05) is 0 Å². The highest BCUT2D eigenvalue weighted by Crippen LogP contribution is 2.12. The first-order chi connectivity index (χ1) is 4.22. The van der Waals surface area contributed by atoms with Gasteiger partial charge in [0.1, 0.15) is 0 Å². The minimum absolute atomic E-state index is 1.17. The molecule has 0 saturated carbocycles. The summed E-state index contributed by atoms with van der Waals surface area (Å²) in [6.45, 7) is 10.2. The number of hydrogen-bond donors (Lipinski definition) is 0. The fourth-order valence-corrected chi connectivity index (χ4v) is 0.873. The summed E-state index contributed by atoms with van der Waals surface area (Å²) < 4.78 is 0. The molecule has 0 aliphatic carbocycles. The van der Waals surface area contributed by atoms with Crippen LogP contribution < -0.4 is 0 Å². The smallest absolute Gasteiger partial charge is 0.0282 e. The first-order valence-corrected chi connectivity index (χ1v) is 3.53. The van der Waals surface area contributed by atoms with Gasteiger partial charge in [-0.3, -0.25) is 0 Å². The molecule has 0 fully saturated rings. The summed E-state index contributed by atoms with van der Waals surface area (Å²) in [5, 5.41) is 0. The maximum Gasteiger partial charge on any atom is -0.0282 e. The summed E-state index contributed by atoms with van der Waals surface area (Å²) in [6.07, 6.45) is 4.53. The van der Waals surface area contributed by atoms with Gasteiger partial charge in [0.05, 0.1) is 0 Å². The molecular formula is C9H16. The van der Waals surface area contributed by atoms with Crippen LogP contribution >= 0.6 is 0 Å². The Kier molecular flexibility index (Phi) is 4.12. The third kappa shape index (κ3) is 3.12. The zero-order valence-electron chi connectivity index (χ0n) is 6.70. The first kappa shape index (κ1) is 8.48. The highest BCUT2D eigenvalue weighted by Gasteiger charge is 1.92. The SMILES string of the molecule is C=C(C)C(=CC)CCC. The summed E-state index contributed by atoms with van der Waals surface area (Å²) in [5.41, 5.74) is 2.61. The minimum Gasteiger partial charge on any atom is -0.0958 e. The van der Waals surface area contributed by atoms with Crippen LogP contribution in [-0.4, -0.2) is 0 Å². The normalized spacial score (nSPS) is 11.7. The Morgan fingerprint density at radius 1 is 1.56 bits per heavy atom. The molecule has 0 aliphatic heterocycles. The number of allylic oxidation sites excluding steroid dienone is 3. The lowest BCUT2D eigenvalue weighted by atomic mass is 10.0. The standard InChI is InChI=1S/C9H16/c1-5-7-9(6-2)8(3)4/h6H,3,5,7H2,1-2,4H3. The topological polar surface area (TPSA) is 0 Å². The maximum absolute atomic E-state index is 3.88. The largest absolute Gasteiger partial charge is 0.0958 e. The lowest BCUT2D eigenvalue weighted by molar-refractivity contribution is 0.910. The zero-order valence-corrected chi connectivity index (χ0v) is 6.70. The highest BCUT2D eigenvalue weighted by atomic mass is 14.0. The van der Waals surface area contributed by atoms with Crippen LogP contribution in [0.5, 0.6) is 0 Å². The number of hydrogen-bond acceptors (Lipinski definition) is 0. The van der Waals surface area contributed by atoms with Crippen LogP contribution in [0.25, 0.3) is 0 Å². The predicted octanol–water partition coefficient (Wildman–Crippen LogP) is 3.31. The van der Waals surface area contributed by atoms with Crippen molar-refractivity contribution in [2.45, 2.75) is 33.6 Å². The van der Waals surface area contributed by atoms with E-state index in [9.17, 15) is 0 Å². The fourth-order valence-electron chi connectivity index (χ4n) is 0.873. The molecule has 0 N–H and O–H groups in total. The molecule has 0 nitrogen and oxygen atoms in total. The van der Waals surface area contributed by atoms with E-state index in [1.807, 2.05) is 0 Å². The Bertz CT molecular complexity index is 118. The molecule has 0 spiro atoms. The Morgan fingerprint density at radius 2 is 2.11 bits per heavy atom. The summed E-state index contributed by atoms with van der Waals surface area (Å²) in [5.74, 6) is 0. The second-order valence-corrected chi connectivity index (χ2v) is 2.34. The lowest BCUT2D eigenvalue weighted by Crippen LogP contribution is -1.81. The molecule has 0 aromatic heterocycles. The van der Waals surface area contributed by atoms with Crippen LogP contribution in [0.15, 0.2) is 23.8 Å². The molecular weight excluding hydrogens is 108 g/mol. The van der Waals surface area contributed by atoms with Gasteiger partial charge in [0.2, 0.25) is 0 Å². The molecule has 0 radical (unpaired) electrons. The van der Waals surface area contributed by atoms with Gasteiger partial charge in [0.15, 0.2) is 0 Å². The van der Waals surface area contributed by atoms with Crippen molar-refractivity contribution in [3.05, 3.63) is 23.8 Å². The summed E-state index contributed by atoms with van der Waals surface area (Å²) >= 11 is 0. The summed E-state index contributed by atoms with van der Waals surface area (Å²) in [6, 6.07) is 0. The lowest BCUT2D eigenvalue weighted by Gasteiger charge is -2.01. The van der Waals surface area contributed by atoms with Crippen LogP contribution in [0.2, 0.25) is 0 Å². The van der Waals surface area contributed by atoms with E-state index in [0.717, 1.165) is 0 Å². The second kappa shape index (κ2) is 4.37. The molecule has 0 unspecified atom stereocenters. The Hall–Kier alpha value is -0.520. The van der Waals surface area contributed by atoms with Gasteiger partial charge in [-0.15, -0.1) is 0 Å². The molecule has 0 aromatic rings. The summed E-state index contributed by atoms with van der Waals surface area (Å²) in [4.78, 5) is 0. The Balaban J connectivity index is 3.85. The summed E-state index contributed by atoms with van der Waals surface area (Å²) in [7, 11) is 0. The monoisotopic (exact) mass is 124 g/mol. The van der Waals surface area contributed by atoms with Gasteiger partial charge >= 0.3 is 0 Å². The van der Waals surface area contributed by atoms with E-state index in [2.05, 4.69) is 33.4 Å². The molecule has 0 atom stereocenters. The van der Waals surface area contributed by atoms with Gasteiger partial charge in [-0.25, -0.2) is 0 Å². The van der Waals surface area contributed by atoms with Crippen LogP contribution in [0.1, 0.15) is 33.6 Å². The van der Waals surface area contributed by atoms with E-state index in [-0.39, 0.29) is 0 Å².